The molecule has 5 heteroatoms. The van der Waals surface area contributed by atoms with Gasteiger partial charge in [-0.15, -0.1) is 11.8 Å². The van der Waals surface area contributed by atoms with Gasteiger partial charge in [0.05, 0.1) is 10.7 Å². The Morgan fingerprint density at radius 3 is 2.65 bits per heavy atom. The number of nitrogens with zero attached hydrogens (tertiary/aromatic N) is 1. The van der Waals surface area contributed by atoms with Gasteiger partial charge in [-0.05, 0) is 38.9 Å². The molecule has 2 rings (SSSR count). The van der Waals surface area contributed by atoms with E-state index >= 15 is 0 Å². The number of hydrogen-bond donors (Lipinski definition) is 1. The second-order valence-electron chi connectivity index (χ2n) is 5.16. The van der Waals surface area contributed by atoms with Gasteiger partial charge in [-0.25, -0.2) is 0 Å². The zero-order valence-electron chi connectivity index (χ0n) is 10.3. The lowest BCUT2D eigenvalue weighted by atomic mass is 10.0. The molecule has 0 radical (unpaired) electrons. The van der Waals surface area contributed by atoms with E-state index < -0.39 is 11.9 Å². The molecule has 2 aliphatic rings. The van der Waals surface area contributed by atoms with Crippen molar-refractivity contribution in [2.45, 2.75) is 43.9 Å². The Balaban J connectivity index is 2.09. The summed E-state index contributed by atoms with van der Waals surface area (Å²) in [6, 6.07) is -0.168. The first-order valence-electron chi connectivity index (χ1n) is 6.13. The number of amides is 1. The molecule has 4 nitrogen and oxygen atoms in total. The number of carbonyl (C=O) groups is 2. The molecule has 0 aliphatic carbocycles. The summed E-state index contributed by atoms with van der Waals surface area (Å²) in [7, 11) is 0. The fourth-order valence-electron chi connectivity index (χ4n) is 2.81. The van der Waals surface area contributed by atoms with Crippen molar-refractivity contribution >= 4 is 23.6 Å². The van der Waals surface area contributed by atoms with E-state index in [-0.39, 0.29) is 16.7 Å². The Hall–Kier alpha value is -0.710. The maximum atomic E-state index is 12.5. The zero-order valence-corrected chi connectivity index (χ0v) is 11.1. The molecule has 0 aromatic carbocycles. The number of carbonyl (C=O) groups excluding carboxylic acids is 1. The van der Waals surface area contributed by atoms with E-state index in [1.165, 1.54) is 0 Å². The molecule has 1 amide bonds. The summed E-state index contributed by atoms with van der Waals surface area (Å²) in [4.78, 5) is 25.3. The first-order chi connectivity index (χ1) is 7.96. The van der Waals surface area contributed by atoms with Gasteiger partial charge in [-0.3, -0.25) is 9.59 Å². The third kappa shape index (κ3) is 2.17. The monoisotopic (exact) mass is 257 g/mol. The van der Waals surface area contributed by atoms with E-state index in [0.717, 1.165) is 18.6 Å². The molecule has 0 aromatic rings. The highest BCUT2D eigenvalue weighted by atomic mass is 32.2. The van der Waals surface area contributed by atoms with Gasteiger partial charge in [-0.2, -0.15) is 0 Å². The van der Waals surface area contributed by atoms with Crippen LogP contribution in [0.15, 0.2) is 0 Å². The standard InChI is InChI=1S/C12H19NO3S/c1-8-9(10(14)15)4-6-13(8)11(16)12(2)5-3-7-17-12/h8-9H,3-7H2,1-2H3,(H,14,15). The topological polar surface area (TPSA) is 57.6 Å². The number of thioether (sulfide) groups is 1. The van der Waals surface area contributed by atoms with Gasteiger partial charge in [-0.1, -0.05) is 0 Å². The van der Waals surface area contributed by atoms with E-state index in [1.807, 2.05) is 13.8 Å². The molecule has 2 heterocycles. The van der Waals surface area contributed by atoms with Crippen molar-refractivity contribution in [2.24, 2.45) is 5.92 Å². The lowest BCUT2D eigenvalue weighted by Gasteiger charge is -2.31. The third-order valence-corrected chi connectivity index (χ3v) is 5.51. The van der Waals surface area contributed by atoms with Crippen molar-refractivity contribution in [3.8, 4) is 0 Å². The van der Waals surface area contributed by atoms with E-state index in [1.54, 1.807) is 16.7 Å². The predicted octanol–water partition coefficient (Wildman–Crippen LogP) is 1.59. The summed E-state index contributed by atoms with van der Waals surface area (Å²) in [5.41, 5.74) is 0. The maximum Gasteiger partial charge on any atom is 0.308 e. The molecule has 17 heavy (non-hydrogen) atoms. The molecule has 0 spiro atoms. The lowest BCUT2D eigenvalue weighted by Crippen LogP contribution is -2.46. The van der Waals surface area contributed by atoms with Crippen LogP contribution >= 0.6 is 11.8 Å². The molecule has 0 bridgehead atoms. The first-order valence-corrected chi connectivity index (χ1v) is 7.12. The molecule has 0 aromatic heterocycles. The fourth-order valence-corrected chi connectivity index (χ4v) is 4.08. The lowest BCUT2D eigenvalue weighted by molar-refractivity contribution is -0.143. The summed E-state index contributed by atoms with van der Waals surface area (Å²) < 4.78 is -0.318. The van der Waals surface area contributed by atoms with Crippen LogP contribution in [0.3, 0.4) is 0 Å². The normalized spacial score (nSPS) is 37.4. The van der Waals surface area contributed by atoms with Gasteiger partial charge in [0.25, 0.3) is 0 Å². The summed E-state index contributed by atoms with van der Waals surface area (Å²) >= 11 is 1.71. The highest BCUT2D eigenvalue weighted by Gasteiger charge is 2.46. The summed E-state index contributed by atoms with van der Waals surface area (Å²) in [6.07, 6.45) is 2.58. The average Bonchev–Trinajstić information content (AvgIpc) is 2.85. The van der Waals surface area contributed by atoms with Crippen LogP contribution in [0.4, 0.5) is 0 Å². The summed E-state index contributed by atoms with van der Waals surface area (Å²) in [6.45, 7) is 4.44. The van der Waals surface area contributed by atoms with E-state index in [9.17, 15) is 9.59 Å². The van der Waals surface area contributed by atoms with Crippen LogP contribution in [0.1, 0.15) is 33.1 Å². The minimum atomic E-state index is -0.781. The minimum absolute atomic E-state index is 0.135. The molecule has 2 aliphatic heterocycles. The molecule has 0 saturated carbocycles. The summed E-state index contributed by atoms with van der Waals surface area (Å²) in [5.74, 6) is -0.00506. The summed E-state index contributed by atoms with van der Waals surface area (Å²) in [5, 5.41) is 9.07. The van der Waals surface area contributed by atoms with Gasteiger partial charge >= 0.3 is 5.97 Å². The smallest absolute Gasteiger partial charge is 0.308 e. The van der Waals surface area contributed by atoms with Gasteiger partial charge in [0.2, 0.25) is 5.91 Å². The predicted molar refractivity (Wildman–Crippen MR) is 67.0 cm³/mol. The highest BCUT2D eigenvalue weighted by molar-refractivity contribution is 8.01. The Morgan fingerprint density at radius 1 is 1.47 bits per heavy atom. The third-order valence-electron chi connectivity index (χ3n) is 4.00. The van der Waals surface area contributed by atoms with Crippen LogP contribution < -0.4 is 0 Å². The zero-order chi connectivity index (χ0) is 12.6. The van der Waals surface area contributed by atoms with Gasteiger partial charge < -0.3 is 10.0 Å². The average molecular weight is 257 g/mol. The van der Waals surface area contributed by atoms with Gasteiger partial charge in [0.15, 0.2) is 0 Å². The quantitative estimate of drug-likeness (QED) is 0.816. The minimum Gasteiger partial charge on any atom is -0.481 e. The number of aliphatic carboxylic acids is 1. The van der Waals surface area contributed by atoms with E-state index in [4.69, 9.17) is 5.11 Å². The molecule has 1 N–H and O–H groups in total. The van der Waals surface area contributed by atoms with Crippen molar-refractivity contribution < 1.29 is 14.7 Å². The van der Waals surface area contributed by atoms with Crippen molar-refractivity contribution in [1.29, 1.82) is 0 Å². The second kappa shape index (κ2) is 4.52. The van der Waals surface area contributed by atoms with Crippen LogP contribution in [0, 0.1) is 5.92 Å². The van der Waals surface area contributed by atoms with E-state index in [2.05, 4.69) is 0 Å². The number of rotatable bonds is 2. The van der Waals surface area contributed by atoms with Crippen LogP contribution in [0.25, 0.3) is 0 Å². The Kier molecular flexibility index (Phi) is 3.39. The Labute approximate surface area is 106 Å². The van der Waals surface area contributed by atoms with Crippen molar-refractivity contribution in [1.82, 2.24) is 4.90 Å². The van der Waals surface area contributed by atoms with Crippen molar-refractivity contribution in [3.63, 3.8) is 0 Å². The van der Waals surface area contributed by atoms with Crippen LogP contribution in [-0.4, -0.2) is 45.0 Å². The molecular formula is C12H19NO3S. The number of likely N-dealkylation sites (tertiary alicyclic amines) is 1. The van der Waals surface area contributed by atoms with Crippen LogP contribution in [0.5, 0.6) is 0 Å². The Morgan fingerprint density at radius 2 is 2.18 bits per heavy atom. The second-order valence-corrected chi connectivity index (χ2v) is 6.75. The maximum absolute atomic E-state index is 12.5. The van der Waals surface area contributed by atoms with Crippen molar-refractivity contribution in [3.05, 3.63) is 0 Å². The van der Waals surface area contributed by atoms with Gasteiger partial charge in [0.1, 0.15) is 0 Å². The molecule has 96 valence electrons. The number of carboxylic acid groups (broad SMARTS) is 1. The molecule has 3 atom stereocenters. The van der Waals surface area contributed by atoms with Gasteiger partial charge in [0, 0.05) is 12.6 Å². The first kappa shape index (κ1) is 12.7. The Bertz CT molecular complexity index is 339. The molecular weight excluding hydrogens is 238 g/mol. The SMILES string of the molecule is CC1C(C(=O)O)CCN1C(=O)C1(C)CCCS1. The highest BCUT2D eigenvalue weighted by Crippen LogP contribution is 2.41. The van der Waals surface area contributed by atoms with E-state index in [0.29, 0.717) is 13.0 Å². The number of carboxylic acids is 1. The van der Waals surface area contributed by atoms with Crippen LogP contribution in [0.2, 0.25) is 0 Å². The molecule has 2 fully saturated rings. The van der Waals surface area contributed by atoms with Crippen molar-refractivity contribution in [2.75, 3.05) is 12.3 Å². The van der Waals surface area contributed by atoms with Crippen LogP contribution in [-0.2, 0) is 9.59 Å². The molecule has 2 saturated heterocycles. The number of hydrogen-bond acceptors (Lipinski definition) is 3. The largest absolute Gasteiger partial charge is 0.481 e. The fraction of sp³-hybridized carbons (Fsp3) is 0.833. The molecule has 3 unspecified atom stereocenters.